The molecule has 1 heterocycles. The average molecular weight is 302 g/mol. The lowest BCUT2D eigenvalue weighted by Gasteiger charge is -2.13. The maximum Gasteiger partial charge on any atom is 0.251 e. The molecule has 3 nitrogen and oxygen atoms in total. The van der Waals surface area contributed by atoms with Crippen molar-refractivity contribution in [3.05, 3.63) is 77.5 Å². The summed E-state index contributed by atoms with van der Waals surface area (Å²) in [4.78, 5) is 16.5. The van der Waals surface area contributed by atoms with Crippen molar-refractivity contribution in [1.82, 2.24) is 4.98 Å². The topological polar surface area (TPSA) is 56.0 Å². The molecule has 0 aliphatic heterocycles. The Morgan fingerprint density at radius 3 is 2.17 bits per heavy atom. The van der Waals surface area contributed by atoms with Crippen LogP contribution < -0.4 is 5.73 Å². The van der Waals surface area contributed by atoms with Gasteiger partial charge in [-0.05, 0) is 31.0 Å². The van der Waals surface area contributed by atoms with Crippen molar-refractivity contribution >= 4 is 5.91 Å². The fraction of sp³-hybridized carbons (Fsp3) is 0.100. The van der Waals surface area contributed by atoms with E-state index in [4.69, 9.17) is 5.73 Å². The van der Waals surface area contributed by atoms with Crippen molar-refractivity contribution in [2.24, 2.45) is 5.73 Å². The molecule has 1 amide bonds. The number of hydrogen-bond acceptors (Lipinski definition) is 2. The minimum Gasteiger partial charge on any atom is -0.366 e. The van der Waals surface area contributed by atoms with E-state index < -0.39 is 5.91 Å². The van der Waals surface area contributed by atoms with Gasteiger partial charge in [-0.1, -0.05) is 60.2 Å². The van der Waals surface area contributed by atoms with Crippen LogP contribution in [-0.2, 0) is 0 Å². The Kier molecular flexibility index (Phi) is 3.94. The molecule has 0 aliphatic rings. The minimum absolute atomic E-state index is 0.454. The first-order valence-corrected chi connectivity index (χ1v) is 7.50. The zero-order chi connectivity index (χ0) is 16.4. The van der Waals surface area contributed by atoms with E-state index >= 15 is 0 Å². The number of benzene rings is 2. The summed E-state index contributed by atoms with van der Waals surface area (Å²) in [7, 11) is 0. The summed E-state index contributed by atoms with van der Waals surface area (Å²) in [6.45, 7) is 3.86. The molecule has 2 N–H and O–H groups in total. The molecule has 0 radical (unpaired) electrons. The fourth-order valence-corrected chi connectivity index (χ4v) is 2.70. The molecule has 114 valence electrons. The normalized spacial score (nSPS) is 10.5. The molecule has 0 saturated heterocycles. The van der Waals surface area contributed by atoms with E-state index in [9.17, 15) is 4.79 Å². The van der Waals surface area contributed by atoms with Crippen LogP contribution in [-0.4, -0.2) is 10.9 Å². The zero-order valence-corrected chi connectivity index (χ0v) is 13.2. The lowest BCUT2D eigenvalue weighted by molar-refractivity contribution is 0.1000. The highest BCUT2D eigenvalue weighted by atomic mass is 16.1. The van der Waals surface area contributed by atoms with Crippen molar-refractivity contribution in [2.45, 2.75) is 13.8 Å². The van der Waals surface area contributed by atoms with Crippen LogP contribution in [0.5, 0.6) is 0 Å². The molecular weight excluding hydrogens is 284 g/mol. The van der Waals surface area contributed by atoms with Crippen molar-refractivity contribution in [3.8, 4) is 22.4 Å². The van der Waals surface area contributed by atoms with Gasteiger partial charge in [0.2, 0.25) is 0 Å². The van der Waals surface area contributed by atoms with Crippen LogP contribution in [0.3, 0.4) is 0 Å². The van der Waals surface area contributed by atoms with E-state index in [2.05, 4.69) is 4.98 Å². The molecule has 2 aromatic carbocycles. The molecule has 3 rings (SSSR count). The highest BCUT2D eigenvalue weighted by Gasteiger charge is 2.16. The van der Waals surface area contributed by atoms with Gasteiger partial charge in [0, 0.05) is 5.56 Å². The van der Waals surface area contributed by atoms with E-state index in [1.807, 2.05) is 74.5 Å². The number of primary amides is 1. The highest BCUT2D eigenvalue weighted by molar-refractivity contribution is 6.01. The number of pyridine rings is 1. The number of amides is 1. The number of aryl methyl sites for hydroxylation is 2. The zero-order valence-electron chi connectivity index (χ0n) is 13.2. The standard InChI is InChI=1S/C20H18N2O/c1-13-8-10-15(11-9-13)17-12-18(16-6-4-3-5-7-16)22-14(2)19(17)20(21)23/h3-12H,1-2H3,(H2,21,23). The summed E-state index contributed by atoms with van der Waals surface area (Å²) in [5, 5.41) is 0. The highest BCUT2D eigenvalue weighted by Crippen LogP contribution is 2.30. The summed E-state index contributed by atoms with van der Waals surface area (Å²) >= 11 is 0. The second kappa shape index (κ2) is 6.05. The number of nitrogens with zero attached hydrogens (tertiary/aromatic N) is 1. The molecule has 0 saturated carbocycles. The number of rotatable bonds is 3. The molecule has 3 heteroatoms. The SMILES string of the molecule is Cc1ccc(-c2cc(-c3ccccc3)nc(C)c2C(N)=O)cc1. The van der Waals surface area contributed by atoms with Gasteiger partial charge >= 0.3 is 0 Å². The van der Waals surface area contributed by atoms with Crippen LogP contribution in [0.2, 0.25) is 0 Å². The van der Waals surface area contributed by atoms with Gasteiger partial charge in [0.15, 0.2) is 0 Å². The molecule has 3 aromatic rings. The second-order valence-corrected chi connectivity index (χ2v) is 5.61. The summed E-state index contributed by atoms with van der Waals surface area (Å²) < 4.78 is 0. The van der Waals surface area contributed by atoms with Gasteiger partial charge < -0.3 is 5.73 Å². The van der Waals surface area contributed by atoms with Crippen molar-refractivity contribution < 1.29 is 4.79 Å². The average Bonchev–Trinajstić information content (AvgIpc) is 2.55. The molecular formula is C20H18N2O. The van der Waals surface area contributed by atoms with Gasteiger partial charge in [-0.3, -0.25) is 9.78 Å². The Labute approximate surface area is 135 Å². The predicted octanol–water partition coefficient (Wildman–Crippen LogP) is 4.13. The molecule has 0 bridgehead atoms. The molecule has 0 atom stereocenters. The summed E-state index contributed by atoms with van der Waals surface area (Å²) in [6.07, 6.45) is 0. The Balaban J connectivity index is 2.25. The molecule has 0 spiro atoms. The summed E-state index contributed by atoms with van der Waals surface area (Å²) in [5.74, 6) is -0.454. The van der Waals surface area contributed by atoms with Crippen LogP contribution in [0, 0.1) is 13.8 Å². The molecule has 0 unspecified atom stereocenters. The Bertz CT molecular complexity index is 853. The molecule has 0 fully saturated rings. The number of nitrogens with two attached hydrogens (primary N) is 1. The van der Waals surface area contributed by atoms with Gasteiger partial charge in [-0.2, -0.15) is 0 Å². The van der Waals surface area contributed by atoms with Crippen molar-refractivity contribution in [3.63, 3.8) is 0 Å². The third kappa shape index (κ3) is 2.99. The summed E-state index contributed by atoms with van der Waals surface area (Å²) in [5.41, 5.74) is 11.5. The second-order valence-electron chi connectivity index (χ2n) is 5.61. The van der Waals surface area contributed by atoms with E-state index in [1.54, 1.807) is 0 Å². The number of carbonyl (C=O) groups excluding carboxylic acids is 1. The lowest BCUT2D eigenvalue weighted by Crippen LogP contribution is -2.15. The minimum atomic E-state index is -0.454. The van der Waals surface area contributed by atoms with Crippen LogP contribution in [0.1, 0.15) is 21.6 Å². The van der Waals surface area contributed by atoms with E-state index in [1.165, 1.54) is 5.56 Å². The van der Waals surface area contributed by atoms with E-state index in [0.29, 0.717) is 11.3 Å². The first kappa shape index (κ1) is 15.0. The van der Waals surface area contributed by atoms with Gasteiger partial charge in [0.1, 0.15) is 0 Å². The van der Waals surface area contributed by atoms with Crippen LogP contribution in [0.4, 0.5) is 0 Å². The van der Waals surface area contributed by atoms with Crippen LogP contribution in [0.25, 0.3) is 22.4 Å². The maximum atomic E-state index is 11.9. The third-order valence-electron chi connectivity index (χ3n) is 3.88. The van der Waals surface area contributed by atoms with Crippen LogP contribution >= 0.6 is 0 Å². The third-order valence-corrected chi connectivity index (χ3v) is 3.88. The maximum absolute atomic E-state index is 11.9. The van der Waals surface area contributed by atoms with Gasteiger partial charge in [-0.25, -0.2) is 0 Å². The van der Waals surface area contributed by atoms with Crippen molar-refractivity contribution in [1.29, 1.82) is 0 Å². The van der Waals surface area contributed by atoms with Crippen molar-refractivity contribution in [2.75, 3.05) is 0 Å². The monoisotopic (exact) mass is 302 g/mol. The van der Waals surface area contributed by atoms with Gasteiger partial charge in [0.05, 0.1) is 17.0 Å². The molecule has 0 aliphatic carbocycles. The molecule has 23 heavy (non-hydrogen) atoms. The quantitative estimate of drug-likeness (QED) is 0.790. The number of aromatic nitrogens is 1. The largest absolute Gasteiger partial charge is 0.366 e. The fourth-order valence-electron chi connectivity index (χ4n) is 2.70. The Hall–Kier alpha value is -2.94. The smallest absolute Gasteiger partial charge is 0.251 e. The number of carbonyl (C=O) groups is 1. The van der Waals surface area contributed by atoms with E-state index in [-0.39, 0.29) is 0 Å². The van der Waals surface area contributed by atoms with E-state index in [0.717, 1.165) is 22.4 Å². The summed E-state index contributed by atoms with van der Waals surface area (Å²) in [6, 6.07) is 19.9. The van der Waals surface area contributed by atoms with Crippen LogP contribution in [0.15, 0.2) is 60.7 Å². The van der Waals surface area contributed by atoms with Gasteiger partial charge in [-0.15, -0.1) is 0 Å². The Morgan fingerprint density at radius 1 is 0.913 bits per heavy atom. The first-order valence-electron chi connectivity index (χ1n) is 7.50. The predicted molar refractivity (Wildman–Crippen MR) is 93.1 cm³/mol. The Morgan fingerprint density at radius 2 is 1.57 bits per heavy atom. The van der Waals surface area contributed by atoms with Gasteiger partial charge in [0.25, 0.3) is 5.91 Å². The first-order chi connectivity index (χ1) is 11.1. The molecule has 1 aromatic heterocycles. The number of hydrogen-bond donors (Lipinski definition) is 1. The lowest BCUT2D eigenvalue weighted by atomic mass is 9.95.